The lowest BCUT2D eigenvalue weighted by Gasteiger charge is -2.33. The van der Waals surface area contributed by atoms with Gasteiger partial charge in [0, 0.05) is 30.9 Å². The molecule has 4 heterocycles. The Morgan fingerprint density at radius 2 is 1.95 bits per heavy atom. The van der Waals surface area contributed by atoms with Crippen LogP contribution in [0.4, 0.5) is 17.5 Å². The van der Waals surface area contributed by atoms with Crippen molar-refractivity contribution in [3.8, 4) is 17.1 Å². The van der Waals surface area contributed by atoms with Crippen molar-refractivity contribution in [2.75, 3.05) is 23.3 Å². The Morgan fingerprint density at radius 1 is 1.12 bits per heavy atom. The van der Waals surface area contributed by atoms with E-state index in [2.05, 4.69) is 30.2 Å². The monoisotopic (exact) mass is 545 g/mol. The van der Waals surface area contributed by atoms with Crippen LogP contribution < -0.4 is 15.0 Å². The fraction of sp³-hybridized carbons (Fsp3) is 0.357. The number of aliphatic hydroxyl groups excluding tert-OH is 1. The summed E-state index contributed by atoms with van der Waals surface area (Å²) in [4.78, 5) is 35.7. The molecule has 3 N–H and O–H groups in total. The highest BCUT2D eigenvalue weighted by Crippen LogP contribution is 2.26. The van der Waals surface area contributed by atoms with Gasteiger partial charge < -0.3 is 29.9 Å². The SMILES string of the molecule is CC(C)(Oc1ccc(-c2nccc(Nc3cncc(N4CCCC(OC5=C(O)CCC=N5)C4)n3)n2)cc1)C(=O)O. The van der Waals surface area contributed by atoms with E-state index in [-0.39, 0.29) is 11.9 Å². The maximum absolute atomic E-state index is 11.3. The Kier molecular flexibility index (Phi) is 7.76. The van der Waals surface area contributed by atoms with Crippen LogP contribution in [0.2, 0.25) is 0 Å². The summed E-state index contributed by atoms with van der Waals surface area (Å²) in [6, 6.07) is 8.66. The minimum absolute atomic E-state index is 0.115. The van der Waals surface area contributed by atoms with Crippen LogP contribution in [0, 0.1) is 0 Å². The first-order chi connectivity index (χ1) is 19.3. The molecule has 12 heteroatoms. The standard InChI is InChI=1S/C28H31N7O5/c1-28(2,27(37)38)40-19-9-7-18(8-10-19)25-30-13-11-22(34-25)32-23-15-29-16-24(33-23)35-14-4-5-20(17-35)39-26-21(36)6-3-12-31-26/h7-13,15-16,20,36H,3-6,14,17H2,1-2H3,(H,37,38)(H,30,32,33,34). The van der Waals surface area contributed by atoms with Crippen LogP contribution in [0.3, 0.4) is 0 Å². The second kappa shape index (κ2) is 11.6. The molecule has 2 aliphatic heterocycles. The third-order valence-corrected chi connectivity index (χ3v) is 6.48. The number of ether oxygens (including phenoxy) is 2. The quantitative estimate of drug-likeness (QED) is 0.348. The molecule has 1 saturated heterocycles. The number of aliphatic imine (C=N–C) groups is 1. The van der Waals surface area contributed by atoms with Crippen LogP contribution in [0.1, 0.15) is 39.5 Å². The molecule has 0 amide bonds. The van der Waals surface area contributed by atoms with E-state index < -0.39 is 11.6 Å². The Balaban J connectivity index is 1.25. The summed E-state index contributed by atoms with van der Waals surface area (Å²) in [5, 5.41) is 22.6. The molecule has 40 heavy (non-hydrogen) atoms. The molecule has 1 aromatic carbocycles. The summed E-state index contributed by atoms with van der Waals surface area (Å²) >= 11 is 0. The van der Waals surface area contributed by atoms with Gasteiger partial charge in [0.05, 0.1) is 18.9 Å². The maximum Gasteiger partial charge on any atom is 0.347 e. The average molecular weight is 546 g/mol. The molecular formula is C28H31N7O5. The van der Waals surface area contributed by atoms with E-state index in [1.54, 1.807) is 55.1 Å². The Morgan fingerprint density at radius 3 is 2.73 bits per heavy atom. The Hall–Kier alpha value is -4.74. The third-order valence-electron chi connectivity index (χ3n) is 6.48. The van der Waals surface area contributed by atoms with Crippen LogP contribution in [0.25, 0.3) is 11.4 Å². The molecule has 2 aliphatic rings. The zero-order valence-corrected chi connectivity index (χ0v) is 22.3. The van der Waals surface area contributed by atoms with E-state index >= 15 is 0 Å². The number of nitrogens with zero attached hydrogens (tertiary/aromatic N) is 6. The van der Waals surface area contributed by atoms with Gasteiger partial charge in [0.1, 0.15) is 23.5 Å². The number of nitrogens with one attached hydrogen (secondary N) is 1. The first kappa shape index (κ1) is 26.9. The molecule has 2 aromatic heterocycles. The number of carbonyl (C=O) groups is 1. The van der Waals surface area contributed by atoms with Crippen LogP contribution in [-0.4, -0.2) is 67.1 Å². The van der Waals surface area contributed by atoms with Crippen molar-refractivity contribution in [2.24, 2.45) is 4.99 Å². The van der Waals surface area contributed by atoms with E-state index in [1.807, 2.05) is 0 Å². The third kappa shape index (κ3) is 6.45. The van der Waals surface area contributed by atoms with Crippen molar-refractivity contribution < 1.29 is 24.5 Å². The lowest BCUT2D eigenvalue weighted by Crippen LogP contribution is -2.40. The van der Waals surface area contributed by atoms with Gasteiger partial charge in [-0.25, -0.2) is 24.7 Å². The van der Waals surface area contributed by atoms with Gasteiger partial charge in [0.25, 0.3) is 5.88 Å². The molecule has 208 valence electrons. The molecule has 1 unspecified atom stereocenters. The number of aliphatic hydroxyl groups is 1. The molecule has 0 saturated carbocycles. The molecule has 0 bridgehead atoms. The predicted octanol–water partition coefficient (Wildman–Crippen LogP) is 4.50. The van der Waals surface area contributed by atoms with Gasteiger partial charge >= 0.3 is 5.97 Å². The number of carboxylic acids is 1. The number of hydrogen-bond donors (Lipinski definition) is 3. The van der Waals surface area contributed by atoms with E-state index in [0.29, 0.717) is 54.3 Å². The first-order valence-corrected chi connectivity index (χ1v) is 13.1. The summed E-state index contributed by atoms with van der Waals surface area (Å²) < 4.78 is 11.6. The molecule has 0 spiro atoms. The zero-order chi connectivity index (χ0) is 28.1. The smallest absolute Gasteiger partial charge is 0.347 e. The number of hydrogen-bond acceptors (Lipinski definition) is 11. The van der Waals surface area contributed by atoms with Gasteiger partial charge in [-0.3, -0.25) is 4.98 Å². The topological polar surface area (TPSA) is 155 Å². The van der Waals surface area contributed by atoms with E-state index in [9.17, 15) is 15.0 Å². The minimum atomic E-state index is -1.34. The fourth-order valence-corrected chi connectivity index (χ4v) is 4.31. The zero-order valence-electron chi connectivity index (χ0n) is 22.3. The molecule has 1 fully saturated rings. The lowest BCUT2D eigenvalue weighted by atomic mass is 10.1. The molecule has 12 nitrogen and oxygen atoms in total. The molecule has 0 radical (unpaired) electrons. The number of allylic oxidation sites excluding steroid dienone is 1. The predicted molar refractivity (Wildman–Crippen MR) is 149 cm³/mol. The van der Waals surface area contributed by atoms with Crippen LogP contribution in [0.15, 0.2) is 65.6 Å². The average Bonchev–Trinajstić information content (AvgIpc) is 2.95. The number of anilines is 3. The number of benzene rings is 1. The van der Waals surface area contributed by atoms with Crippen LogP contribution in [-0.2, 0) is 9.53 Å². The summed E-state index contributed by atoms with van der Waals surface area (Å²) in [5.41, 5.74) is -0.601. The number of aliphatic carboxylic acids is 1. The lowest BCUT2D eigenvalue weighted by molar-refractivity contribution is -0.152. The van der Waals surface area contributed by atoms with E-state index in [1.165, 1.54) is 13.8 Å². The van der Waals surface area contributed by atoms with Gasteiger partial charge in [-0.05, 0) is 63.4 Å². The summed E-state index contributed by atoms with van der Waals surface area (Å²) in [5.74, 6) is 2.15. The number of aromatic nitrogens is 4. The van der Waals surface area contributed by atoms with E-state index in [0.717, 1.165) is 24.9 Å². The van der Waals surface area contributed by atoms with Crippen molar-refractivity contribution in [1.82, 2.24) is 19.9 Å². The second-order valence-corrected chi connectivity index (χ2v) is 10.0. The Bertz CT molecular complexity index is 1420. The van der Waals surface area contributed by atoms with Crippen LogP contribution >= 0.6 is 0 Å². The van der Waals surface area contributed by atoms with Gasteiger partial charge in [0.2, 0.25) is 0 Å². The van der Waals surface area contributed by atoms with Crippen molar-refractivity contribution in [3.63, 3.8) is 0 Å². The largest absolute Gasteiger partial charge is 0.507 e. The fourth-order valence-electron chi connectivity index (χ4n) is 4.31. The summed E-state index contributed by atoms with van der Waals surface area (Å²) in [7, 11) is 0. The Labute approximate surface area is 231 Å². The molecule has 1 atom stereocenters. The van der Waals surface area contributed by atoms with Crippen molar-refractivity contribution >= 4 is 29.6 Å². The summed E-state index contributed by atoms with van der Waals surface area (Å²) in [6.07, 6.45) is 9.67. The number of piperidine rings is 1. The molecular weight excluding hydrogens is 514 g/mol. The van der Waals surface area contributed by atoms with Gasteiger partial charge in [0.15, 0.2) is 23.0 Å². The highest BCUT2D eigenvalue weighted by Gasteiger charge is 2.29. The van der Waals surface area contributed by atoms with Crippen LogP contribution in [0.5, 0.6) is 5.75 Å². The number of rotatable bonds is 9. The summed E-state index contributed by atoms with van der Waals surface area (Å²) in [6.45, 7) is 4.40. The van der Waals surface area contributed by atoms with Gasteiger partial charge in [-0.2, -0.15) is 0 Å². The van der Waals surface area contributed by atoms with Crippen molar-refractivity contribution in [1.29, 1.82) is 0 Å². The molecule has 3 aromatic rings. The van der Waals surface area contributed by atoms with Gasteiger partial charge in [-0.15, -0.1) is 0 Å². The molecule has 0 aliphatic carbocycles. The number of carboxylic acid groups (broad SMARTS) is 1. The maximum atomic E-state index is 11.3. The minimum Gasteiger partial charge on any atom is -0.507 e. The van der Waals surface area contributed by atoms with Crippen molar-refractivity contribution in [3.05, 3.63) is 60.6 Å². The normalized spacial score (nSPS) is 17.4. The second-order valence-electron chi connectivity index (χ2n) is 10.0. The highest BCUT2D eigenvalue weighted by molar-refractivity contribution is 5.76. The van der Waals surface area contributed by atoms with Gasteiger partial charge in [-0.1, -0.05) is 0 Å². The highest BCUT2D eigenvalue weighted by atomic mass is 16.5. The van der Waals surface area contributed by atoms with Crippen molar-refractivity contribution in [2.45, 2.75) is 51.2 Å². The molecule has 5 rings (SSSR count). The first-order valence-electron chi connectivity index (χ1n) is 13.1. The van der Waals surface area contributed by atoms with E-state index in [4.69, 9.17) is 14.5 Å².